The highest BCUT2D eigenvalue weighted by atomic mass is 32.2. The molecule has 0 aliphatic rings. The van der Waals surface area contributed by atoms with Crippen LogP contribution in [0.5, 0.6) is 0 Å². The molecule has 0 spiro atoms. The number of primary sulfonamides is 1. The number of rotatable bonds is 5. The van der Waals surface area contributed by atoms with E-state index >= 15 is 0 Å². The van der Waals surface area contributed by atoms with Gasteiger partial charge in [-0.05, 0) is 41.3 Å². The third-order valence-electron chi connectivity index (χ3n) is 3.85. The first-order valence-corrected chi connectivity index (χ1v) is 9.45. The summed E-state index contributed by atoms with van der Waals surface area (Å²) in [5.41, 5.74) is 2.79. The Kier molecular flexibility index (Phi) is 5.81. The van der Waals surface area contributed by atoms with Gasteiger partial charge >= 0.3 is 6.03 Å². The SMILES string of the molecule is CC(C)c1ccc(CN(C)C(=O)Nc2ccc(S(N)(=O)=O)cc2)cc1. The number of nitrogens with one attached hydrogen (secondary N) is 1. The summed E-state index contributed by atoms with van der Waals surface area (Å²) in [6, 6.07) is 13.6. The van der Waals surface area contributed by atoms with Crippen molar-refractivity contribution in [2.75, 3.05) is 12.4 Å². The van der Waals surface area contributed by atoms with Gasteiger partial charge in [-0.3, -0.25) is 0 Å². The topological polar surface area (TPSA) is 92.5 Å². The Hall–Kier alpha value is -2.38. The van der Waals surface area contributed by atoms with Crippen LogP contribution in [-0.2, 0) is 16.6 Å². The zero-order valence-electron chi connectivity index (χ0n) is 14.6. The number of carbonyl (C=O) groups excluding carboxylic acids is 1. The molecule has 0 radical (unpaired) electrons. The van der Waals surface area contributed by atoms with E-state index in [1.54, 1.807) is 11.9 Å². The largest absolute Gasteiger partial charge is 0.323 e. The maximum Gasteiger partial charge on any atom is 0.321 e. The van der Waals surface area contributed by atoms with E-state index in [4.69, 9.17) is 5.14 Å². The van der Waals surface area contributed by atoms with Gasteiger partial charge in [-0.1, -0.05) is 38.1 Å². The average molecular weight is 361 g/mol. The summed E-state index contributed by atoms with van der Waals surface area (Å²) >= 11 is 0. The van der Waals surface area contributed by atoms with Crippen LogP contribution in [-0.4, -0.2) is 26.4 Å². The number of nitrogens with zero attached hydrogens (tertiary/aromatic N) is 1. The van der Waals surface area contributed by atoms with Crippen LogP contribution in [0.4, 0.5) is 10.5 Å². The summed E-state index contributed by atoms with van der Waals surface area (Å²) in [6.45, 7) is 4.74. The number of hydrogen-bond acceptors (Lipinski definition) is 3. The maximum atomic E-state index is 12.2. The fourth-order valence-corrected chi connectivity index (χ4v) is 2.82. The van der Waals surface area contributed by atoms with Crippen LogP contribution in [0.3, 0.4) is 0 Å². The van der Waals surface area contributed by atoms with Crippen LogP contribution in [0.25, 0.3) is 0 Å². The highest BCUT2D eigenvalue weighted by Gasteiger charge is 2.11. The Labute approximate surface area is 148 Å². The number of benzene rings is 2. The fourth-order valence-electron chi connectivity index (χ4n) is 2.30. The van der Waals surface area contributed by atoms with Crippen LogP contribution in [0.2, 0.25) is 0 Å². The van der Waals surface area contributed by atoms with Crippen molar-refractivity contribution < 1.29 is 13.2 Å². The van der Waals surface area contributed by atoms with Crippen LogP contribution < -0.4 is 10.5 Å². The van der Waals surface area contributed by atoms with Crippen molar-refractivity contribution in [2.45, 2.75) is 31.2 Å². The second kappa shape index (κ2) is 7.67. The first-order chi connectivity index (χ1) is 11.7. The van der Waals surface area contributed by atoms with Crippen LogP contribution >= 0.6 is 0 Å². The molecule has 0 aromatic heterocycles. The van der Waals surface area contributed by atoms with E-state index in [-0.39, 0.29) is 10.9 Å². The standard InChI is InChI=1S/C18H23N3O3S/c1-13(2)15-6-4-14(5-7-15)12-21(3)18(22)20-16-8-10-17(11-9-16)25(19,23)24/h4-11,13H,12H2,1-3H3,(H,20,22)(H2,19,23,24). The molecule has 0 aliphatic heterocycles. The molecular weight excluding hydrogens is 338 g/mol. The zero-order valence-corrected chi connectivity index (χ0v) is 15.4. The molecule has 0 fully saturated rings. The lowest BCUT2D eigenvalue weighted by atomic mass is 10.0. The molecule has 0 bridgehead atoms. The molecule has 25 heavy (non-hydrogen) atoms. The molecule has 0 unspecified atom stereocenters. The quantitative estimate of drug-likeness (QED) is 0.857. The minimum absolute atomic E-state index is 0.00379. The van der Waals surface area contributed by atoms with Crippen molar-refractivity contribution in [3.63, 3.8) is 0 Å². The Balaban J connectivity index is 1.98. The predicted molar refractivity (Wildman–Crippen MR) is 98.8 cm³/mol. The summed E-state index contributed by atoms with van der Waals surface area (Å²) in [5, 5.41) is 7.77. The van der Waals surface area contributed by atoms with Crippen LogP contribution in [0.15, 0.2) is 53.4 Å². The van der Waals surface area contributed by atoms with Crippen LogP contribution in [0.1, 0.15) is 30.9 Å². The van der Waals surface area contributed by atoms with E-state index in [2.05, 4.69) is 31.3 Å². The minimum Gasteiger partial charge on any atom is -0.323 e. The van der Waals surface area contributed by atoms with Crippen molar-refractivity contribution in [1.82, 2.24) is 4.90 Å². The molecular formula is C18H23N3O3S. The van der Waals surface area contributed by atoms with Gasteiger partial charge in [0, 0.05) is 19.3 Å². The van der Waals surface area contributed by atoms with E-state index in [0.29, 0.717) is 18.2 Å². The monoisotopic (exact) mass is 361 g/mol. The lowest BCUT2D eigenvalue weighted by Gasteiger charge is -2.18. The lowest BCUT2D eigenvalue weighted by molar-refractivity contribution is 0.220. The van der Waals surface area contributed by atoms with Crippen molar-refractivity contribution in [1.29, 1.82) is 0 Å². The number of urea groups is 1. The molecule has 2 rings (SSSR count). The van der Waals surface area contributed by atoms with Gasteiger partial charge in [-0.2, -0.15) is 0 Å². The summed E-state index contributed by atoms with van der Waals surface area (Å²) in [7, 11) is -2.04. The number of amides is 2. The Morgan fingerprint density at radius 3 is 2.12 bits per heavy atom. The molecule has 0 aliphatic carbocycles. The molecule has 2 aromatic rings. The molecule has 6 nitrogen and oxygen atoms in total. The first kappa shape index (κ1) is 19.0. The van der Waals surface area contributed by atoms with Gasteiger partial charge in [0.1, 0.15) is 0 Å². The third kappa shape index (κ3) is 5.30. The highest BCUT2D eigenvalue weighted by molar-refractivity contribution is 7.89. The van der Waals surface area contributed by atoms with E-state index in [9.17, 15) is 13.2 Å². The molecule has 2 aromatic carbocycles. The second-order valence-electron chi connectivity index (χ2n) is 6.25. The van der Waals surface area contributed by atoms with Gasteiger partial charge in [0.05, 0.1) is 4.90 Å². The van der Waals surface area contributed by atoms with Gasteiger partial charge in [-0.25, -0.2) is 18.4 Å². The number of nitrogens with two attached hydrogens (primary N) is 1. The molecule has 7 heteroatoms. The Bertz CT molecular complexity index is 829. The van der Waals surface area contributed by atoms with E-state index in [1.165, 1.54) is 29.8 Å². The van der Waals surface area contributed by atoms with Crippen molar-refractivity contribution >= 4 is 21.7 Å². The first-order valence-electron chi connectivity index (χ1n) is 7.90. The van der Waals surface area contributed by atoms with Gasteiger partial charge in [0.15, 0.2) is 0 Å². The van der Waals surface area contributed by atoms with E-state index < -0.39 is 10.0 Å². The molecule has 0 atom stereocenters. The van der Waals surface area contributed by atoms with Gasteiger partial charge in [-0.15, -0.1) is 0 Å². The van der Waals surface area contributed by atoms with Gasteiger partial charge in [0.25, 0.3) is 0 Å². The number of anilines is 1. The summed E-state index contributed by atoms with van der Waals surface area (Å²) in [6.07, 6.45) is 0. The predicted octanol–water partition coefficient (Wildman–Crippen LogP) is 3.12. The Morgan fingerprint density at radius 2 is 1.64 bits per heavy atom. The summed E-state index contributed by atoms with van der Waals surface area (Å²) < 4.78 is 22.5. The summed E-state index contributed by atoms with van der Waals surface area (Å²) in [5.74, 6) is 0.468. The third-order valence-corrected chi connectivity index (χ3v) is 4.78. The van der Waals surface area contributed by atoms with Crippen molar-refractivity contribution in [3.05, 3.63) is 59.7 Å². The number of carbonyl (C=O) groups is 1. The van der Waals surface area contributed by atoms with Crippen molar-refractivity contribution in [2.24, 2.45) is 5.14 Å². The van der Waals surface area contributed by atoms with Crippen LogP contribution in [0, 0.1) is 0 Å². The Morgan fingerprint density at radius 1 is 1.08 bits per heavy atom. The van der Waals surface area contributed by atoms with E-state index in [0.717, 1.165) is 5.56 Å². The van der Waals surface area contributed by atoms with E-state index in [1.807, 2.05) is 12.1 Å². The average Bonchev–Trinajstić information content (AvgIpc) is 2.55. The highest BCUT2D eigenvalue weighted by Crippen LogP contribution is 2.16. The molecule has 2 amide bonds. The normalized spacial score (nSPS) is 11.4. The molecule has 134 valence electrons. The zero-order chi connectivity index (χ0) is 18.6. The van der Waals surface area contributed by atoms with Gasteiger partial charge < -0.3 is 10.2 Å². The number of hydrogen-bond donors (Lipinski definition) is 2. The fraction of sp³-hybridized carbons (Fsp3) is 0.278. The maximum absolute atomic E-state index is 12.2. The molecule has 3 N–H and O–H groups in total. The smallest absolute Gasteiger partial charge is 0.321 e. The molecule has 0 heterocycles. The van der Waals surface area contributed by atoms with Gasteiger partial charge in [0.2, 0.25) is 10.0 Å². The molecule has 0 saturated carbocycles. The summed E-state index contributed by atoms with van der Waals surface area (Å²) in [4.78, 5) is 13.8. The lowest BCUT2D eigenvalue weighted by Crippen LogP contribution is -2.30. The minimum atomic E-state index is -3.74. The second-order valence-corrected chi connectivity index (χ2v) is 7.81. The van der Waals surface area contributed by atoms with Crippen molar-refractivity contribution in [3.8, 4) is 0 Å². The number of sulfonamides is 1. The molecule has 0 saturated heterocycles.